The Balaban J connectivity index is 2.27. The van der Waals surface area contributed by atoms with Gasteiger partial charge in [-0.1, -0.05) is 13.8 Å². The maximum Gasteiger partial charge on any atom is 0.124 e. The Hall–Kier alpha value is -1.02. The van der Waals surface area contributed by atoms with Crippen LogP contribution < -0.4 is 4.74 Å². The molecule has 1 aliphatic heterocycles. The van der Waals surface area contributed by atoms with Crippen LogP contribution in [0.2, 0.25) is 0 Å². The average Bonchev–Trinajstić information content (AvgIpc) is 2.82. The largest absolute Gasteiger partial charge is 0.493 e. The summed E-state index contributed by atoms with van der Waals surface area (Å²) in [5.74, 6) is 1.72. The smallest absolute Gasteiger partial charge is 0.124 e. The minimum Gasteiger partial charge on any atom is -0.493 e. The van der Waals surface area contributed by atoms with E-state index in [0.29, 0.717) is 5.92 Å². The molecule has 0 radical (unpaired) electrons. The first kappa shape index (κ1) is 9.22. The van der Waals surface area contributed by atoms with E-state index < -0.39 is 0 Å². The van der Waals surface area contributed by atoms with Crippen LogP contribution in [0.15, 0.2) is 18.2 Å². The van der Waals surface area contributed by atoms with Crippen LogP contribution in [-0.4, -0.2) is 6.61 Å². The summed E-state index contributed by atoms with van der Waals surface area (Å²) >= 11 is 1.93. The molecule has 0 saturated heterocycles. The normalized spacial score (nSPS) is 14.6. The van der Waals surface area contributed by atoms with Gasteiger partial charge in [0.1, 0.15) is 5.75 Å². The molecule has 1 aliphatic rings. The van der Waals surface area contributed by atoms with Crippen molar-refractivity contribution in [2.75, 3.05) is 6.61 Å². The molecule has 0 amide bonds. The van der Waals surface area contributed by atoms with Gasteiger partial charge < -0.3 is 4.74 Å². The lowest BCUT2D eigenvalue weighted by Gasteiger charge is -1.98. The predicted molar refractivity (Wildman–Crippen MR) is 65.1 cm³/mol. The summed E-state index contributed by atoms with van der Waals surface area (Å²) in [7, 11) is 0. The number of hydrogen-bond donors (Lipinski definition) is 0. The van der Waals surface area contributed by atoms with Crippen LogP contribution in [0.5, 0.6) is 5.75 Å². The van der Waals surface area contributed by atoms with Gasteiger partial charge in [-0.2, -0.15) is 0 Å². The van der Waals surface area contributed by atoms with Crippen molar-refractivity contribution >= 4 is 21.4 Å². The second-order valence-corrected chi connectivity index (χ2v) is 5.45. The van der Waals surface area contributed by atoms with Crippen molar-refractivity contribution in [2.24, 2.45) is 0 Å². The Kier molecular flexibility index (Phi) is 1.99. The summed E-state index contributed by atoms with van der Waals surface area (Å²) in [6, 6.07) is 6.62. The van der Waals surface area contributed by atoms with Crippen LogP contribution in [0.3, 0.4) is 0 Å². The minimum atomic E-state index is 0.625. The van der Waals surface area contributed by atoms with Crippen molar-refractivity contribution < 1.29 is 4.74 Å². The predicted octanol–water partition coefficient (Wildman–Crippen LogP) is 3.96. The molecule has 15 heavy (non-hydrogen) atoms. The molecule has 0 aliphatic carbocycles. The first-order valence-electron chi connectivity index (χ1n) is 5.44. The highest BCUT2D eigenvalue weighted by molar-refractivity contribution is 7.19. The molecule has 0 spiro atoms. The zero-order chi connectivity index (χ0) is 10.4. The third-order valence-electron chi connectivity index (χ3n) is 2.94. The van der Waals surface area contributed by atoms with E-state index in [-0.39, 0.29) is 0 Å². The molecule has 2 aromatic rings. The van der Waals surface area contributed by atoms with E-state index in [2.05, 4.69) is 32.0 Å². The average molecular weight is 218 g/mol. The number of hydrogen-bond acceptors (Lipinski definition) is 2. The van der Waals surface area contributed by atoms with Crippen molar-refractivity contribution in [3.8, 4) is 5.75 Å². The molecule has 0 fully saturated rings. The van der Waals surface area contributed by atoms with E-state index in [4.69, 9.17) is 4.74 Å². The van der Waals surface area contributed by atoms with Crippen LogP contribution >= 0.6 is 11.3 Å². The van der Waals surface area contributed by atoms with Gasteiger partial charge in [-0.05, 0) is 29.5 Å². The highest BCUT2D eigenvalue weighted by atomic mass is 32.1. The summed E-state index contributed by atoms with van der Waals surface area (Å²) in [5.41, 5.74) is 1.42. The molecule has 2 heterocycles. The topological polar surface area (TPSA) is 9.23 Å². The van der Waals surface area contributed by atoms with Crippen molar-refractivity contribution in [1.82, 2.24) is 0 Å². The van der Waals surface area contributed by atoms with Crippen molar-refractivity contribution in [1.29, 1.82) is 0 Å². The highest BCUT2D eigenvalue weighted by Crippen LogP contribution is 2.39. The standard InChI is InChI=1S/C13H14OS/c1-8(2)12-7-9-3-4-11-10(5-6-14-11)13(9)15-12/h3-4,7-8H,5-6H2,1-2H3. The molecule has 1 nitrogen and oxygen atoms in total. The van der Waals surface area contributed by atoms with E-state index in [0.717, 1.165) is 18.8 Å². The number of rotatable bonds is 1. The molecule has 0 unspecified atom stereocenters. The molecule has 0 atom stereocenters. The van der Waals surface area contributed by atoms with Gasteiger partial charge in [0.15, 0.2) is 0 Å². The van der Waals surface area contributed by atoms with E-state index in [9.17, 15) is 0 Å². The fraction of sp³-hybridized carbons (Fsp3) is 0.385. The van der Waals surface area contributed by atoms with Gasteiger partial charge in [0, 0.05) is 21.6 Å². The minimum absolute atomic E-state index is 0.625. The molecule has 78 valence electrons. The fourth-order valence-corrected chi connectivity index (χ4v) is 3.31. The Morgan fingerprint density at radius 3 is 3.00 bits per heavy atom. The Morgan fingerprint density at radius 1 is 1.33 bits per heavy atom. The van der Waals surface area contributed by atoms with Gasteiger partial charge in [-0.15, -0.1) is 11.3 Å². The van der Waals surface area contributed by atoms with Gasteiger partial charge in [-0.25, -0.2) is 0 Å². The second kappa shape index (κ2) is 3.24. The van der Waals surface area contributed by atoms with Crippen LogP contribution in [0.1, 0.15) is 30.2 Å². The zero-order valence-electron chi connectivity index (χ0n) is 9.04. The van der Waals surface area contributed by atoms with Gasteiger partial charge in [0.05, 0.1) is 6.61 Å². The first-order chi connectivity index (χ1) is 7.25. The zero-order valence-corrected chi connectivity index (χ0v) is 9.86. The van der Waals surface area contributed by atoms with Gasteiger partial charge in [0.2, 0.25) is 0 Å². The molecule has 0 bridgehead atoms. The van der Waals surface area contributed by atoms with Crippen molar-refractivity contribution in [2.45, 2.75) is 26.2 Å². The summed E-state index contributed by atoms with van der Waals surface area (Å²) in [4.78, 5) is 1.48. The van der Waals surface area contributed by atoms with Crippen molar-refractivity contribution in [3.05, 3.63) is 28.6 Å². The SMILES string of the molecule is CC(C)c1cc2ccc3c(c2s1)CCO3. The number of ether oxygens (including phenoxy) is 1. The lowest BCUT2D eigenvalue weighted by Crippen LogP contribution is -1.85. The molecule has 1 aromatic carbocycles. The molecular formula is C13H14OS. The molecule has 3 rings (SSSR count). The molecule has 0 N–H and O–H groups in total. The first-order valence-corrected chi connectivity index (χ1v) is 6.25. The molecule has 1 aromatic heterocycles. The van der Waals surface area contributed by atoms with Gasteiger partial charge in [0.25, 0.3) is 0 Å². The summed E-state index contributed by atoms with van der Waals surface area (Å²) in [5, 5.41) is 1.38. The lowest BCUT2D eigenvalue weighted by molar-refractivity contribution is 0.357. The maximum absolute atomic E-state index is 5.58. The Labute approximate surface area is 93.7 Å². The highest BCUT2D eigenvalue weighted by Gasteiger charge is 2.17. The van der Waals surface area contributed by atoms with Gasteiger partial charge >= 0.3 is 0 Å². The molecule has 2 heteroatoms. The molecular weight excluding hydrogens is 204 g/mol. The van der Waals surface area contributed by atoms with Crippen LogP contribution in [0.4, 0.5) is 0 Å². The second-order valence-electron chi connectivity index (χ2n) is 4.36. The van der Waals surface area contributed by atoms with Crippen LogP contribution in [0.25, 0.3) is 10.1 Å². The van der Waals surface area contributed by atoms with Crippen LogP contribution in [-0.2, 0) is 6.42 Å². The number of benzene rings is 1. The lowest BCUT2D eigenvalue weighted by atomic mass is 10.1. The fourth-order valence-electron chi connectivity index (χ4n) is 2.08. The maximum atomic E-state index is 5.58. The van der Waals surface area contributed by atoms with E-state index >= 15 is 0 Å². The number of fused-ring (bicyclic) bond motifs is 3. The van der Waals surface area contributed by atoms with E-state index in [1.54, 1.807) is 0 Å². The monoisotopic (exact) mass is 218 g/mol. The number of thiophene rings is 1. The van der Waals surface area contributed by atoms with Gasteiger partial charge in [-0.3, -0.25) is 0 Å². The van der Waals surface area contributed by atoms with E-state index in [1.807, 2.05) is 11.3 Å². The summed E-state index contributed by atoms with van der Waals surface area (Å²) in [6.07, 6.45) is 1.07. The Bertz CT molecular complexity index is 510. The third kappa shape index (κ3) is 1.36. The third-order valence-corrected chi connectivity index (χ3v) is 4.46. The Morgan fingerprint density at radius 2 is 2.20 bits per heavy atom. The summed E-state index contributed by atoms with van der Waals surface area (Å²) < 4.78 is 7.02. The quantitative estimate of drug-likeness (QED) is 0.704. The molecule has 0 saturated carbocycles. The van der Waals surface area contributed by atoms with Crippen LogP contribution in [0, 0.1) is 0 Å². The van der Waals surface area contributed by atoms with E-state index in [1.165, 1.54) is 20.5 Å². The summed E-state index contributed by atoms with van der Waals surface area (Å²) in [6.45, 7) is 5.35. The van der Waals surface area contributed by atoms with Crippen molar-refractivity contribution in [3.63, 3.8) is 0 Å².